The van der Waals surface area contributed by atoms with E-state index in [-0.39, 0.29) is 23.8 Å². The Bertz CT molecular complexity index is 312. The van der Waals surface area contributed by atoms with Gasteiger partial charge in [0.15, 0.2) is 0 Å². The third-order valence-corrected chi connectivity index (χ3v) is 3.75. The van der Waals surface area contributed by atoms with Crippen LogP contribution in [0.4, 0.5) is 0 Å². The van der Waals surface area contributed by atoms with Gasteiger partial charge in [0.25, 0.3) is 0 Å². The number of esters is 1. The highest BCUT2D eigenvalue weighted by molar-refractivity contribution is 5.87. The lowest BCUT2D eigenvalue weighted by atomic mass is 9.81. The van der Waals surface area contributed by atoms with Crippen LogP contribution in [-0.4, -0.2) is 50.1 Å². The predicted octanol–water partition coefficient (Wildman–Crippen LogP) is 1.18. The van der Waals surface area contributed by atoms with Crippen LogP contribution < -0.4 is 5.32 Å². The fourth-order valence-electron chi connectivity index (χ4n) is 2.80. The molecule has 1 saturated heterocycles. The first kappa shape index (κ1) is 16.0. The number of ether oxygens (including phenoxy) is 1. The van der Waals surface area contributed by atoms with Crippen molar-refractivity contribution in [3.8, 4) is 0 Å². The first-order valence-corrected chi connectivity index (χ1v) is 7.16. The summed E-state index contributed by atoms with van der Waals surface area (Å²) in [5.74, 6) is -0.244. The summed E-state index contributed by atoms with van der Waals surface area (Å²) in [5, 5.41) is 3.28. The number of amides is 1. The number of nitrogens with one attached hydrogen (secondary N) is 1. The van der Waals surface area contributed by atoms with Crippen molar-refractivity contribution >= 4 is 11.9 Å². The molecule has 1 aliphatic rings. The van der Waals surface area contributed by atoms with E-state index in [1.165, 1.54) is 7.11 Å². The summed E-state index contributed by atoms with van der Waals surface area (Å²) in [6.45, 7) is 6.38. The van der Waals surface area contributed by atoms with E-state index < -0.39 is 0 Å². The van der Waals surface area contributed by atoms with Gasteiger partial charge in [-0.05, 0) is 25.8 Å². The van der Waals surface area contributed by atoms with Crippen molar-refractivity contribution < 1.29 is 14.3 Å². The molecule has 1 aliphatic heterocycles. The first-order chi connectivity index (χ1) is 9.09. The molecular weight excluding hydrogens is 244 g/mol. The summed E-state index contributed by atoms with van der Waals surface area (Å²) in [7, 11) is 1.36. The molecule has 1 heterocycles. The fraction of sp³-hybridized carbons (Fsp3) is 0.857. The SMILES string of the molecule is CCCN(CC(=O)OC)C(=O)C1(CCC)CCNC1. The van der Waals surface area contributed by atoms with Crippen LogP contribution in [0.1, 0.15) is 39.5 Å². The van der Waals surface area contributed by atoms with Crippen molar-refractivity contribution in [2.45, 2.75) is 39.5 Å². The number of nitrogens with zero attached hydrogens (tertiary/aromatic N) is 1. The molecule has 1 unspecified atom stereocenters. The Balaban J connectivity index is 2.80. The van der Waals surface area contributed by atoms with Gasteiger partial charge in [-0.2, -0.15) is 0 Å². The molecule has 0 aromatic heterocycles. The van der Waals surface area contributed by atoms with Gasteiger partial charge < -0.3 is 15.0 Å². The van der Waals surface area contributed by atoms with Crippen LogP contribution in [0.3, 0.4) is 0 Å². The van der Waals surface area contributed by atoms with Gasteiger partial charge in [0.2, 0.25) is 5.91 Å². The highest BCUT2D eigenvalue weighted by Crippen LogP contribution is 2.33. The molecule has 1 amide bonds. The van der Waals surface area contributed by atoms with Crippen molar-refractivity contribution in [1.82, 2.24) is 10.2 Å². The molecule has 1 fully saturated rings. The molecule has 1 rings (SSSR count). The predicted molar refractivity (Wildman–Crippen MR) is 73.7 cm³/mol. The van der Waals surface area contributed by atoms with E-state index in [0.29, 0.717) is 6.54 Å². The minimum absolute atomic E-state index is 0.0641. The second-order valence-electron chi connectivity index (χ2n) is 5.26. The third-order valence-electron chi connectivity index (χ3n) is 3.75. The van der Waals surface area contributed by atoms with Crippen LogP contribution >= 0.6 is 0 Å². The van der Waals surface area contributed by atoms with E-state index in [0.717, 1.165) is 38.8 Å². The van der Waals surface area contributed by atoms with Gasteiger partial charge in [-0.1, -0.05) is 20.3 Å². The van der Waals surface area contributed by atoms with E-state index in [2.05, 4.69) is 17.0 Å². The molecule has 0 spiro atoms. The molecule has 0 aromatic rings. The summed E-state index contributed by atoms with van der Waals surface area (Å²) >= 11 is 0. The summed E-state index contributed by atoms with van der Waals surface area (Å²) in [6, 6.07) is 0. The minimum Gasteiger partial charge on any atom is -0.468 e. The van der Waals surface area contributed by atoms with Crippen molar-refractivity contribution in [3.63, 3.8) is 0 Å². The Morgan fingerprint density at radius 1 is 1.32 bits per heavy atom. The summed E-state index contributed by atoms with van der Waals surface area (Å²) in [5.41, 5.74) is -0.321. The Morgan fingerprint density at radius 2 is 2.05 bits per heavy atom. The average Bonchev–Trinajstić information content (AvgIpc) is 2.87. The van der Waals surface area contributed by atoms with Crippen molar-refractivity contribution in [2.75, 3.05) is 33.3 Å². The molecule has 1 N–H and O–H groups in total. The zero-order chi connectivity index (χ0) is 14.3. The van der Waals surface area contributed by atoms with E-state index >= 15 is 0 Å². The van der Waals surface area contributed by atoms with E-state index in [1.807, 2.05) is 6.92 Å². The lowest BCUT2D eigenvalue weighted by Crippen LogP contribution is -2.47. The summed E-state index contributed by atoms with van der Waals surface area (Å²) < 4.78 is 4.68. The lowest BCUT2D eigenvalue weighted by molar-refractivity contribution is -0.151. The highest BCUT2D eigenvalue weighted by atomic mass is 16.5. The van der Waals surface area contributed by atoms with Crippen LogP contribution in [-0.2, 0) is 14.3 Å². The van der Waals surface area contributed by atoms with E-state index in [9.17, 15) is 9.59 Å². The first-order valence-electron chi connectivity index (χ1n) is 7.16. The summed E-state index contributed by atoms with van der Waals surface area (Å²) in [6.07, 6.45) is 3.56. The standard InChI is InChI=1S/C14H26N2O3/c1-4-6-14(7-8-15-11-14)13(18)16(9-5-2)10-12(17)19-3/h15H,4-11H2,1-3H3. The van der Waals surface area contributed by atoms with Gasteiger partial charge in [0.05, 0.1) is 12.5 Å². The minimum atomic E-state index is -0.348. The van der Waals surface area contributed by atoms with Crippen LogP contribution in [0, 0.1) is 5.41 Å². The molecule has 5 nitrogen and oxygen atoms in total. The number of methoxy groups -OCH3 is 1. The summed E-state index contributed by atoms with van der Waals surface area (Å²) in [4.78, 5) is 25.9. The number of rotatable bonds is 7. The van der Waals surface area contributed by atoms with Crippen LogP contribution in [0.5, 0.6) is 0 Å². The molecule has 0 bridgehead atoms. The maximum atomic E-state index is 12.8. The Hall–Kier alpha value is -1.10. The largest absolute Gasteiger partial charge is 0.468 e. The van der Waals surface area contributed by atoms with Gasteiger partial charge in [0.1, 0.15) is 6.54 Å². The fourth-order valence-corrected chi connectivity index (χ4v) is 2.80. The van der Waals surface area contributed by atoms with Gasteiger partial charge in [-0.15, -0.1) is 0 Å². The third kappa shape index (κ3) is 3.93. The van der Waals surface area contributed by atoms with Crippen LogP contribution in [0.25, 0.3) is 0 Å². The maximum absolute atomic E-state index is 12.8. The zero-order valence-electron chi connectivity index (χ0n) is 12.3. The van der Waals surface area contributed by atoms with Crippen molar-refractivity contribution in [2.24, 2.45) is 5.41 Å². The Labute approximate surface area is 115 Å². The molecule has 110 valence electrons. The second kappa shape index (κ2) is 7.48. The monoisotopic (exact) mass is 270 g/mol. The van der Waals surface area contributed by atoms with E-state index in [1.54, 1.807) is 4.90 Å². The molecule has 0 radical (unpaired) electrons. The number of carbonyl (C=O) groups is 2. The average molecular weight is 270 g/mol. The van der Waals surface area contributed by atoms with Gasteiger partial charge >= 0.3 is 5.97 Å². The van der Waals surface area contributed by atoms with Gasteiger partial charge in [0, 0.05) is 13.1 Å². The molecule has 0 aliphatic carbocycles. The molecule has 19 heavy (non-hydrogen) atoms. The molecule has 0 saturated carbocycles. The van der Waals surface area contributed by atoms with Gasteiger partial charge in [-0.3, -0.25) is 9.59 Å². The topological polar surface area (TPSA) is 58.6 Å². The molecular formula is C14H26N2O3. The smallest absolute Gasteiger partial charge is 0.325 e. The zero-order valence-corrected chi connectivity index (χ0v) is 12.3. The lowest BCUT2D eigenvalue weighted by Gasteiger charge is -2.33. The second-order valence-corrected chi connectivity index (χ2v) is 5.26. The highest BCUT2D eigenvalue weighted by Gasteiger charge is 2.42. The molecule has 1 atom stereocenters. The maximum Gasteiger partial charge on any atom is 0.325 e. The van der Waals surface area contributed by atoms with E-state index in [4.69, 9.17) is 0 Å². The Morgan fingerprint density at radius 3 is 2.53 bits per heavy atom. The quantitative estimate of drug-likeness (QED) is 0.706. The van der Waals surface area contributed by atoms with Gasteiger partial charge in [-0.25, -0.2) is 0 Å². The molecule has 0 aromatic carbocycles. The number of carbonyl (C=O) groups excluding carboxylic acids is 2. The van der Waals surface area contributed by atoms with Crippen LogP contribution in [0.15, 0.2) is 0 Å². The Kier molecular flexibility index (Phi) is 6.28. The van der Waals surface area contributed by atoms with Crippen molar-refractivity contribution in [3.05, 3.63) is 0 Å². The molecule has 5 heteroatoms. The van der Waals surface area contributed by atoms with Crippen LogP contribution in [0.2, 0.25) is 0 Å². The normalized spacial score (nSPS) is 22.3. The number of hydrogen-bond donors (Lipinski definition) is 1. The van der Waals surface area contributed by atoms with Crippen molar-refractivity contribution in [1.29, 1.82) is 0 Å². The number of hydrogen-bond acceptors (Lipinski definition) is 4.